The first-order valence-electron chi connectivity index (χ1n) is 9.23. The minimum atomic E-state index is -4.84. The Kier molecular flexibility index (Phi) is 5.47. The topological polar surface area (TPSA) is 84.4 Å². The first-order chi connectivity index (χ1) is 15.3. The Labute approximate surface area is 180 Å². The van der Waals surface area contributed by atoms with Crippen LogP contribution >= 0.6 is 0 Å². The largest absolute Gasteiger partial charge is 0.573 e. The van der Waals surface area contributed by atoms with Crippen molar-refractivity contribution < 1.29 is 31.8 Å². The molecule has 0 bridgehead atoms. The lowest BCUT2D eigenvalue weighted by atomic mass is 10.0. The van der Waals surface area contributed by atoms with Crippen LogP contribution in [0.5, 0.6) is 17.2 Å². The average Bonchev–Trinajstić information content (AvgIpc) is 3.41. The highest BCUT2D eigenvalue weighted by Crippen LogP contribution is 2.38. The summed E-state index contributed by atoms with van der Waals surface area (Å²) in [6.45, 7) is 0. The predicted molar refractivity (Wildman–Crippen MR) is 107 cm³/mol. The van der Waals surface area contributed by atoms with Crippen LogP contribution in [0.3, 0.4) is 0 Å². The molecule has 0 aliphatic carbocycles. The number of alkyl halides is 3. The zero-order chi connectivity index (χ0) is 22.9. The number of methoxy groups -OCH3 is 2. The van der Waals surface area contributed by atoms with Crippen LogP contribution in [0.25, 0.3) is 34.2 Å². The van der Waals surface area contributed by atoms with Crippen LogP contribution < -0.4 is 14.2 Å². The van der Waals surface area contributed by atoms with Gasteiger partial charge in [-0.05, 0) is 42.5 Å². The molecule has 2 aromatic heterocycles. The molecule has 2 aromatic carbocycles. The fraction of sp³-hybridized carbons (Fsp3) is 0.190. The standard InChI is InChI=1S/C21H17F3N4O4/c1-28-16(8-9-25-28)14-6-5-13(32-21(22,23)24)11-15(14)20-27-26-19(31-20)12-4-7-17(29-2)18(10-12)30-3/h4-11H,1-3H3. The number of halogens is 3. The van der Waals surface area contributed by atoms with Gasteiger partial charge in [-0.15, -0.1) is 23.4 Å². The zero-order valence-corrected chi connectivity index (χ0v) is 17.2. The number of ether oxygens (including phenoxy) is 3. The number of hydrogen-bond donors (Lipinski definition) is 0. The molecule has 32 heavy (non-hydrogen) atoms. The van der Waals surface area contributed by atoms with E-state index in [-0.39, 0.29) is 17.3 Å². The smallest absolute Gasteiger partial charge is 0.493 e. The maximum atomic E-state index is 12.8. The summed E-state index contributed by atoms with van der Waals surface area (Å²) in [6, 6.07) is 10.6. The van der Waals surface area contributed by atoms with Gasteiger partial charge in [0.1, 0.15) is 5.75 Å². The number of nitrogens with zero attached hydrogens (tertiary/aromatic N) is 4. The molecule has 0 radical (unpaired) electrons. The van der Waals surface area contributed by atoms with Gasteiger partial charge in [0.05, 0.1) is 25.5 Å². The maximum absolute atomic E-state index is 12.8. The molecule has 0 saturated carbocycles. The highest BCUT2D eigenvalue weighted by molar-refractivity contribution is 5.79. The summed E-state index contributed by atoms with van der Waals surface area (Å²) >= 11 is 0. The van der Waals surface area contributed by atoms with E-state index in [9.17, 15) is 13.2 Å². The van der Waals surface area contributed by atoms with Crippen molar-refractivity contribution in [3.63, 3.8) is 0 Å². The van der Waals surface area contributed by atoms with E-state index in [2.05, 4.69) is 20.0 Å². The van der Waals surface area contributed by atoms with E-state index >= 15 is 0 Å². The molecule has 0 N–H and O–H groups in total. The van der Waals surface area contributed by atoms with Crippen molar-refractivity contribution >= 4 is 0 Å². The van der Waals surface area contributed by atoms with Crippen molar-refractivity contribution in [2.24, 2.45) is 7.05 Å². The third kappa shape index (κ3) is 4.22. The van der Waals surface area contributed by atoms with Crippen LogP contribution in [0.1, 0.15) is 0 Å². The molecule has 4 aromatic rings. The van der Waals surface area contributed by atoms with Crippen molar-refractivity contribution in [2.75, 3.05) is 14.2 Å². The molecule has 0 spiro atoms. The first-order valence-corrected chi connectivity index (χ1v) is 9.23. The van der Waals surface area contributed by atoms with Crippen LogP contribution in [0, 0.1) is 0 Å². The van der Waals surface area contributed by atoms with Crippen LogP contribution in [0.2, 0.25) is 0 Å². The van der Waals surface area contributed by atoms with Gasteiger partial charge in [-0.25, -0.2) is 0 Å². The van der Waals surface area contributed by atoms with Crippen LogP contribution in [-0.2, 0) is 7.05 Å². The molecule has 0 fully saturated rings. The van der Waals surface area contributed by atoms with Gasteiger partial charge in [-0.2, -0.15) is 5.10 Å². The van der Waals surface area contributed by atoms with Gasteiger partial charge in [-0.1, -0.05) is 0 Å². The molecule has 11 heteroatoms. The summed E-state index contributed by atoms with van der Waals surface area (Å²) in [7, 11) is 4.72. The number of benzene rings is 2. The van der Waals surface area contributed by atoms with Gasteiger partial charge in [0.25, 0.3) is 0 Å². The monoisotopic (exact) mass is 446 g/mol. The zero-order valence-electron chi connectivity index (χ0n) is 17.2. The lowest BCUT2D eigenvalue weighted by Crippen LogP contribution is -2.17. The van der Waals surface area contributed by atoms with Gasteiger partial charge < -0.3 is 18.6 Å². The molecule has 0 aliphatic heterocycles. The summed E-state index contributed by atoms with van der Waals surface area (Å²) < 4.78 is 60.2. The highest BCUT2D eigenvalue weighted by atomic mass is 19.4. The summed E-state index contributed by atoms with van der Waals surface area (Å²) in [5.74, 6) is 0.731. The minimum Gasteiger partial charge on any atom is -0.493 e. The number of aromatic nitrogens is 4. The SMILES string of the molecule is COc1ccc(-c2nnc(-c3cc(OC(F)(F)F)ccc3-c3ccnn3C)o2)cc1OC. The molecule has 166 valence electrons. The summed E-state index contributed by atoms with van der Waals surface area (Å²) in [5, 5.41) is 12.2. The second-order valence-corrected chi connectivity index (χ2v) is 6.58. The van der Waals surface area contributed by atoms with E-state index in [1.165, 1.54) is 32.4 Å². The predicted octanol–water partition coefficient (Wildman–Crippen LogP) is 4.72. The fourth-order valence-electron chi connectivity index (χ4n) is 3.18. The second-order valence-electron chi connectivity index (χ2n) is 6.58. The van der Waals surface area contributed by atoms with Crippen molar-refractivity contribution in [3.05, 3.63) is 48.7 Å². The maximum Gasteiger partial charge on any atom is 0.573 e. The van der Waals surface area contributed by atoms with Crippen LogP contribution in [0.4, 0.5) is 13.2 Å². The molecule has 0 unspecified atom stereocenters. The Morgan fingerprint density at radius 1 is 0.875 bits per heavy atom. The van der Waals surface area contributed by atoms with Gasteiger partial charge in [-0.3, -0.25) is 4.68 Å². The third-order valence-electron chi connectivity index (χ3n) is 4.61. The van der Waals surface area contributed by atoms with Crippen molar-refractivity contribution in [1.82, 2.24) is 20.0 Å². The molecule has 8 nitrogen and oxygen atoms in total. The Bertz CT molecular complexity index is 1250. The molecule has 4 rings (SSSR count). The normalized spacial score (nSPS) is 11.4. The Hall–Kier alpha value is -4.02. The molecule has 0 atom stereocenters. The van der Waals surface area contributed by atoms with E-state index < -0.39 is 12.1 Å². The van der Waals surface area contributed by atoms with Crippen molar-refractivity contribution in [1.29, 1.82) is 0 Å². The number of hydrogen-bond acceptors (Lipinski definition) is 7. The van der Waals surface area contributed by atoms with Gasteiger partial charge >= 0.3 is 6.36 Å². The lowest BCUT2D eigenvalue weighted by Gasteiger charge is -2.12. The molecular weight excluding hydrogens is 429 g/mol. The summed E-state index contributed by atoms with van der Waals surface area (Å²) in [6.07, 6.45) is -3.27. The summed E-state index contributed by atoms with van der Waals surface area (Å²) in [4.78, 5) is 0. The quantitative estimate of drug-likeness (QED) is 0.424. The lowest BCUT2D eigenvalue weighted by molar-refractivity contribution is -0.274. The van der Waals surface area contributed by atoms with E-state index in [4.69, 9.17) is 13.9 Å². The number of aryl methyl sites for hydroxylation is 1. The van der Waals surface area contributed by atoms with Gasteiger partial charge in [0.2, 0.25) is 11.8 Å². The van der Waals surface area contributed by atoms with Crippen molar-refractivity contribution in [2.45, 2.75) is 6.36 Å². The average molecular weight is 446 g/mol. The van der Waals surface area contributed by atoms with Gasteiger partial charge in [0.15, 0.2) is 11.5 Å². The van der Waals surface area contributed by atoms with E-state index in [0.29, 0.717) is 28.3 Å². The highest BCUT2D eigenvalue weighted by Gasteiger charge is 2.31. The van der Waals surface area contributed by atoms with E-state index in [1.807, 2.05) is 0 Å². The minimum absolute atomic E-state index is 0.0126. The molecule has 0 saturated heterocycles. The van der Waals surface area contributed by atoms with Gasteiger partial charge in [0, 0.05) is 24.4 Å². The molecule has 2 heterocycles. The Balaban J connectivity index is 1.80. The third-order valence-corrected chi connectivity index (χ3v) is 4.61. The Morgan fingerprint density at radius 2 is 1.62 bits per heavy atom. The van der Waals surface area contributed by atoms with E-state index in [1.54, 1.807) is 42.2 Å². The first kappa shape index (κ1) is 21.2. The molecule has 0 amide bonds. The van der Waals surface area contributed by atoms with Crippen LogP contribution in [-0.4, -0.2) is 40.6 Å². The number of rotatable bonds is 6. The molecule has 0 aliphatic rings. The molecular formula is C21H17F3N4O4. The van der Waals surface area contributed by atoms with Crippen molar-refractivity contribution in [3.8, 4) is 51.4 Å². The summed E-state index contributed by atoms with van der Waals surface area (Å²) in [5.41, 5.74) is 1.99. The van der Waals surface area contributed by atoms with Crippen LogP contribution in [0.15, 0.2) is 53.1 Å². The Morgan fingerprint density at radius 3 is 2.28 bits per heavy atom. The second kappa shape index (κ2) is 8.25. The fourth-order valence-corrected chi connectivity index (χ4v) is 3.18. The van der Waals surface area contributed by atoms with E-state index in [0.717, 1.165) is 0 Å².